The summed E-state index contributed by atoms with van der Waals surface area (Å²) < 4.78 is 0. The maximum absolute atomic E-state index is 12.2. The van der Waals surface area contributed by atoms with Crippen LogP contribution in [0.15, 0.2) is 5.38 Å². The Hall–Kier alpha value is -1.18. The summed E-state index contributed by atoms with van der Waals surface area (Å²) in [4.78, 5) is 31.4. The van der Waals surface area contributed by atoms with Gasteiger partial charge in [-0.05, 0) is 82.3 Å². The van der Waals surface area contributed by atoms with E-state index in [1.165, 1.54) is 49.9 Å². The van der Waals surface area contributed by atoms with Crippen molar-refractivity contribution in [1.82, 2.24) is 15.2 Å². The number of thiazole rings is 1. The molecule has 2 N–H and O–H groups in total. The van der Waals surface area contributed by atoms with Gasteiger partial charge in [-0.1, -0.05) is 13.8 Å². The fourth-order valence-corrected chi connectivity index (χ4v) is 7.11. The van der Waals surface area contributed by atoms with Gasteiger partial charge in [0.15, 0.2) is 5.13 Å². The van der Waals surface area contributed by atoms with Crippen LogP contribution in [0.1, 0.15) is 64.5 Å². The van der Waals surface area contributed by atoms with E-state index in [0.717, 1.165) is 49.5 Å². The van der Waals surface area contributed by atoms with Gasteiger partial charge >= 0.3 is 11.8 Å². The molecule has 4 saturated carbocycles. The average molecular weight is 455 g/mol. The van der Waals surface area contributed by atoms with Crippen molar-refractivity contribution < 1.29 is 9.59 Å². The van der Waals surface area contributed by atoms with E-state index in [4.69, 9.17) is 4.98 Å². The van der Waals surface area contributed by atoms with Gasteiger partial charge in [0.05, 0.1) is 5.69 Å². The van der Waals surface area contributed by atoms with E-state index in [2.05, 4.69) is 34.8 Å². The first kappa shape index (κ1) is 23.5. The van der Waals surface area contributed by atoms with Crippen molar-refractivity contribution in [2.75, 3.05) is 31.5 Å². The molecule has 1 heterocycles. The van der Waals surface area contributed by atoms with E-state index in [9.17, 15) is 9.59 Å². The first-order chi connectivity index (χ1) is 14.0. The third-order valence-corrected chi connectivity index (χ3v) is 8.10. The SMILES string of the molecule is CCN(CC)CCCNC(=O)C(=O)Nc1nc(C23CC4CC(CC(C4)C2)C3)cs1.Cl. The van der Waals surface area contributed by atoms with Gasteiger partial charge < -0.3 is 10.2 Å². The summed E-state index contributed by atoms with van der Waals surface area (Å²) in [5.41, 5.74) is 1.37. The van der Waals surface area contributed by atoms with Crippen molar-refractivity contribution in [3.63, 3.8) is 0 Å². The highest BCUT2D eigenvalue weighted by atomic mass is 35.5. The molecule has 30 heavy (non-hydrogen) atoms. The van der Waals surface area contributed by atoms with Gasteiger partial charge in [-0.25, -0.2) is 4.98 Å². The molecule has 1 aromatic rings. The van der Waals surface area contributed by atoms with Gasteiger partial charge in [-0.15, -0.1) is 23.7 Å². The van der Waals surface area contributed by atoms with Gasteiger partial charge in [0.25, 0.3) is 0 Å². The first-order valence-electron chi connectivity index (χ1n) is 11.3. The predicted molar refractivity (Wildman–Crippen MR) is 123 cm³/mol. The third-order valence-electron chi connectivity index (χ3n) is 7.34. The molecule has 0 unspecified atom stereocenters. The van der Waals surface area contributed by atoms with Crippen LogP contribution in [0.4, 0.5) is 5.13 Å². The average Bonchev–Trinajstić information content (AvgIpc) is 3.16. The number of anilines is 1. The maximum atomic E-state index is 12.2. The monoisotopic (exact) mass is 454 g/mol. The fourth-order valence-electron chi connectivity index (χ4n) is 6.28. The Balaban J connectivity index is 0.00000256. The number of aromatic nitrogens is 1. The molecule has 0 spiro atoms. The number of hydrogen-bond donors (Lipinski definition) is 2. The molecule has 0 radical (unpaired) electrons. The van der Waals surface area contributed by atoms with E-state index in [1.54, 1.807) is 0 Å². The summed E-state index contributed by atoms with van der Waals surface area (Å²) in [5, 5.41) is 8.10. The molecule has 0 aliphatic heterocycles. The van der Waals surface area contributed by atoms with Gasteiger partial charge in [0.1, 0.15) is 0 Å². The van der Waals surface area contributed by atoms with Gasteiger partial charge in [-0.2, -0.15) is 0 Å². The smallest absolute Gasteiger partial charge is 0.315 e. The van der Waals surface area contributed by atoms with Crippen LogP contribution >= 0.6 is 23.7 Å². The summed E-state index contributed by atoms with van der Waals surface area (Å²) in [6, 6.07) is 0. The Morgan fingerprint density at radius 3 is 2.27 bits per heavy atom. The minimum absolute atomic E-state index is 0. The summed E-state index contributed by atoms with van der Waals surface area (Å²) in [7, 11) is 0. The quantitative estimate of drug-likeness (QED) is 0.462. The molecule has 1 aromatic heterocycles. The van der Waals surface area contributed by atoms with E-state index in [-0.39, 0.29) is 17.8 Å². The number of nitrogens with one attached hydrogen (secondary N) is 2. The number of carbonyl (C=O) groups excluding carboxylic acids is 2. The molecule has 0 atom stereocenters. The normalized spacial score (nSPS) is 29.0. The molecule has 4 fully saturated rings. The van der Waals surface area contributed by atoms with Crippen LogP contribution in [0.25, 0.3) is 0 Å². The van der Waals surface area contributed by atoms with E-state index >= 15 is 0 Å². The zero-order chi connectivity index (χ0) is 20.4. The summed E-state index contributed by atoms with van der Waals surface area (Å²) in [6.07, 6.45) is 8.81. The Kier molecular flexibility index (Phi) is 7.80. The van der Waals surface area contributed by atoms with E-state index < -0.39 is 11.8 Å². The number of hydrogen-bond acceptors (Lipinski definition) is 5. The summed E-state index contributed by atoms with van der Waals surface area (Å²) in [6.45, 7) is 7.69. The first-order valence-corrected chi connectivity index (χ1v) is 12.2. The molecule has 6 nitrogen and oxygen atoms in total. The van der Waals surface area contributed by atoms with Crippen LogP contribution in [-0.2, 0) is 15.0 Å². The molecule has 2 amide bonds. The van der Waals surface area contributed by atoms with Crippen LogP contribution in [-0.4, -0.2) is 47.9 Å². The highest BCUT2D eigenvalue weighted by Gasteiger charge is 2.52. The Labute approximate surface area is 190 Å². The molecule has 0 saturated heterocycles. The van der Waals surface area contributed by atoms with E-state index in [0.29, 0.717) is 11.7 Å². The minimum Gasteiger partial charge on any atom is -0.348 e. The topological polar surface area (TPSA) is 74.3 Å². The molecule has 8 heteroatoms. The third kappa shape index (κ3) is 5.00. The lowest BCUT2D eigenvalue weighted by atomic mass is 9.49. The van der Waals surface area contributed by atoms with Gasteiger partial charge in [0, 0.05) is 17.3 Å². The van der Waals surface area contributed by atoms with Crippen molar-refractivity contribution in [1.29, 1.82) is 0 Å². The van der Waals surface area contributed by atoms with Crippen molar-refractivity contribution in [2.24, 2.45) is 17.8 Å². The number of rotatable bonds is 8. The molecular formula is C22H35ClN4O2S. The zero-order valence-corrected chi connectivity index (χ0v) is 19.7. The molecule has 168 valence electrons. The minimum atomic E-state index is -0.612. The van der Waals surface area contributed by atoms with Crippen LogP contribution in [0, 0.1) is 17.8 Å². The highest BCUT2D eigenvalue weighted by Crippen LogP contribution is 2.60. The Bertz CT molecular complexity index is 714. The molecule has 0 aromatic carbocycles. The van der Waals surface area contributed by atoms with Gasteiger partial charge in [-0.3, -0.25) is 14.9 Å². The van der Waals surface area contributed by atoms with Crippen molar-refractivity contribution in [3.8, 4) is 0 Å². The summed E-state index contributed by atoms with van der Waals surface area (Å²) >= 11 is 1.45. The van der Waals surface area contributed by atoms with Crippen LogP contribution in [0.3, 0.4) is 0 Å². The van der Waals surface area contributed by atoms with Crippen LogP contribution in [0.2, 0.25) is 0 Å². The number of nitrogens with zero attached hydrogens (tertiary/aromatic N) is 2. The standard InChI is InChI=1S/C22H34N4O2S.ClH/c1-3-26(4-2)7-5-6-23-19(27)20(28)25-21-24-18(14-29-21)22-11-15-8-16(12-22)10-17(9-15)13-22;/h14-17H,3-13H2,1-2H3,(H,23,27)(H,24,25,28);1H. The molecule has 4 aliphatic rings. The van der Waals surface area contributed by atoms with Crippen molar-refractivity contribution in [2.45, 2.75) is 64.2 Å². The number of halogens is 1. The number of amides is 2. The summed E-state index contributed by atoms with van der Waals surface area (Å²) in [5.74, 6) is 1.41. The highest BCUT2D eigenvalue weighted by molar-refractivity contribution is 7.14. The molecular weight excluding hydrogens is 420 g/mol. The fraction of sp³-hybridized carbons (Fsp3) is 0.773. The predicted octanol–water partition coefficient (Wildman–Crippen LogP) is 3.82. The molecule has 4 aliphatic carbocycles. The lowest BCUT2D eigenvalue weighted by molar-refractivity contribution is -0.136. The van der Waals surface area contributed by atoms with Crippen molar-refractivity contribution in [3.05, 3.63) is 11.1 Å². The second-order valence-electron chi connectivity index (χ2n) is 9.33. The van der Waals surface area contributed by atoms with Gasteiger partial charge in [0.2, 0.25) is 0 Å². The largest absolute Gasteiger partial charge is 0.348 e. The Morgan fingerprint density at radius 2 is 1.70 bits per heavy atom. The maximum Gasteiger partial charge on any atom is 0.315 e. The second-order valence-corrected chi connectivity index (χ2v) is 10.2. The zero-order valence-electron chi connectivity index (χ0n) is 18.1. The molecule has 5 rings (SSSR count). The van der Waals surface area contributed by atoms with Crippen LogP contribution < -0.4 is 10.6 Å². The second kappa shape index (κ2) is 9.96. The lowest BCUT2D eigenvalue weighted by Gasteiger charge is -2.56. The molecule has 4 bridgehead atoms. The Morgan fingerprint density at radius 1 is 1.10 bits per heavy atom. The van der Waals surface area contributed by atoms with E-state index in [1.807, 2.05) is 0 Å². The van der Waals surface area contributed by atoms with Crippen LogP contribution in [0.5, 0.6) is 0 Å². The number of carbonyl (C=O) groups is 2. The van der Waals surface area contributed by atoms with Crippen molar-refractivity contribution >= 4 is 40.7 Å². The lowest BCUT2D eigenvalue weighted by Crippen LogP contribution is -2.48.